The topological polar surface area (TPSA) is 96.6 Å². The summed E-state index contributed by atoms with van der Waals surface area (Å²) in [7, 11) is 1.61. The molecule has 136 valence electrons. The second-order valence-electron chi connectivity index (χ2n) is 7.92. The van der Waals surface area contributed by atoms with Crippen LogP contribution >= 0.6 is 0 Å². The van der Waals surface area contributed by atoms with Crippen molar-refractivity contribution >= 4 is 17.7 Å². The number of hydrogen-bond donors (Lipinski definition) is 0. The van der Waals surface area contributed by atoms with Crippen molar-refractivity contribution in [3.05, 3.63) is 11.4 Å². The van der Waals surface area contributed by atoms with Crippen LogP contribution in [0, 0.1) is 23.7 Å². The largest absolute Gasteiger partial charge is 0.338 e. The highest BCUT2D eigenvalue weighted by atomic mass is 16.6. The lowest BCUT2D eigenvalue weighted by atomic mass is 9.62. The highest BCUT2D eigenvalue weighted by molar-refractivity contribution is 6.06. The van der Waals surface area contributed by atoms with E-state index in [0.717, 1.165) is 4.90 Å². The Labute approximate surface area is 146 Å². The van der Waals surface area contributed by atoms with Gasteiger partial charge < -0.3 is 4.90 Å². The van der Waals surface area contributed by atoms with Crippen molar-refractivity contribution in [2.75, 3.05) is 13.6 Å². The number of piperidine rings is 1. The van der Waals surface area contributed by atoms with Gasteiger partial charge in [0.15, 0.2) is 0 Å². The number of likely N-dealkylation sites (tertiary alicyclic amines) is 1. The van der Waals surface area contributed by atoms with Crippen molar-refractivity contribution in [2.24, 2.45) is 16.7 Å². The smallest absolute Gasteiger partial charge is 0.242 e. The van der Waals surface area contributed by atoms with Crippen LogP contribution < -0.4 is 0 Å². The summed E-state index contributed by atoms with van der Waals surface area (Å²) in [5, 5.41) is 7.43. The first-order valence-corrected chi connectivity index (χ1v) is 8.47. The van der Waals surface area contributed by atoms with Gasteiger partial charge in [-0.3, -0.25) is 19.3 Å². The van der Waals surface area contributed by atoms with Gasteiger partial charge in [0, 0.05) is 13.0 Å². The number of nitrogens with zero attached hydrogens (tertiary/aromatic N) is 4. The van der Waals surface area contributed by atoms with Crippen LogP contribution in [0.5, 0.6) is 0 Å². The Morgan fingerprint density at radius 2 is 2.00 bits per heavy atom. The normalized spacial score (nSPS) is 27.7. The number of hydrogen-bond acceptors (Lipinski definition) is 6. The summed E-state index contributed by atoms with van der Waals surface area (Å²) < 4.78 is 4.63. The quantitative estimate of drug-likeness (QED) is 0.757. The lowest BCUT2D eigenvalue weighted by Crippen LogP contribution is -2.60. The lowest BCUT2D eigenvalue weighted by molar-refractivity contribution is -0.170. The summed E-state index contributed by atoms with van der Waals surface area (Å²) >= 11 is 0. The summed E-state index contributed by atoms with van der Waals surface area (Å²) in [6, 6.07) is 0. The molecule has 1 aliphatic heterocycles. The maximum Gasteiger partial charge on any atom is 0.242 e. The number of carbonyl (C=O) groups is 3. The molecule has 2 unspecified atom stereocenters. The van der Waals surface area contributed by atoms with Gasteiger partial charge in [0.1, 0.15) is 17.9 Å². The predicted octanol–water partition coefficient (Wildman–Crippen LogP) is 1.15. The molecule has 2 atom stereocenters. The fourth-order valence-electron chi connectivity index (χ4n) is 4.01. The predicted molar refractivity (Wildman–Crippen MR) is 86.8 cm³/mol. The Balaban J connectivity index is 1.74. The second kappa shape index (κ2) is 5.64. The van der Waals surface area contributed by atoms with E-state index in [1.165, 1.54) is 4.90 Å². The minimum absolute atomic E-state index is 0.213. The minimum atomic E-state index is -0.600. The van der Waals surface area contributed by atoms with E-state index in [4.69, 9.17) is 0 Å². The molecule has 8 heteroatoms. The average molecular weight is 348 g/mol. The number of likely N-dealkylation sites (N-methyl/N-ethyl adjacent to an activating group) is 1. The summed E-state index contributed by atoms with van der Waals surface area (Å²) in [6.45, 7) is 7.59. The van der Waals surface area contributed by atoms with Gasteiger partial charge in [-0.05, 0) is 25.2 Å². The molecule has 8 nitrogen and oxygen atoms in total. The molecule has 1 aromatic heterocycles. The number of amides is 3. The van der Waals surface area contributed by atoms with Crippen LogP contribution in [0.3, 0.4) is 0 Å². The van der Waals surface area contributed by atoms with E-state index in [1.807, 2.05) is 20.8 Å². The Morgan fingerprint density at radius 1 is 1.32 bits per heavy atom. The molecule has 1 saturated carbocycles. The van der Waals surface area contributed by atoms with Gasteiger partial charge in [0.05, 0.1) is 12.0 Å². The molecule has 1 saturated heterocycles. The molecular formula is C17H24N4O4. The summed E-state index contributed by atoms with van der Waals surface area (Å²) in [6.07, 6.45) is 1.37. The molecule has 1 aliphatic carbocycles. The van der Waals surface area contributed by atoms with E-state index in [9.17, 15) is 14.4 Å². The van der Waals surface area contributed by atoms with Gasteiger partial charge in [-0.15, -0.1) is 0 Å². The third-order valence-corrected chi connectivity index (χ3v) is 6.36. The first-order chi connectivity index (χ1) is 11.6. The van der Waals surface area contributed by atoms with Gasteiger partial charge in [-0.2, -0.15) is 0 Å². The monoisotopic (exact) mass is 348 g/mol. The lowest BCUT2D eigenvalue weighted by Gasteiger charge is -2.47. The van der Waals surface area contributed by atoms with Crippen molar-refractivity contribution in [1.82, 2.24) is 20.1 Å². The summed E-state index contributed by atoms with van der Waals surface area (Å²) in [5.41, 5.74) is 0.185. The maximum absolute atomic E-state index is 13.0. The first kappa shape index (κ1) is 17.6. The standard InChI is InChI=1S/C17H24N4O4/c1-10-12(19-25-18-10)8-20(5)13(22)9-21-14(23)11-6-7-17(4,15(21)24)16(11,2)3/h11H,6-9H2,1-5H3. The van der Waals surface area contributed by atoms with Crippen LogP contribution in [-0.2, 0) is 20.9 Å². The molecule has 2 fully saturated rings. The maximum atomic E-state index is 13.0. The van der Waals surface area contributed by atoms with Gasteiger partial charge >= 0.3 is 0 Å². The van der Waals surface area contributed by atoms with E-state index in [1.54, 1.807) is 14.0 Å². The third-order valence-electron chi connectivity index (χ3n) is 6.36. The zero-order chi connectivity index (χ0) is 18.6. The zero-order valence-electron chi connectivity index (χ0n) is 15.3. The third kappa shape index (κ3) is 2.46. The van der Waals surface area contributed by atoms with Crippen LogP contribution in [0.15, 0.2) is 4.63 Å². The molecule has 0 N–H and O–H groups in total. The van der Waals surface area contributed by atoms with Crippen LogP contribution in [0.1, 0.15) is 45.0 Å². The van der Waals surface area contributed by atoms with Crippen molar-refractivity contribution in [1.29, 1.82) is 0 Å². The Hall–Kier alpha value is -2.25. The number of imide groups is 1. The van der Waals surface area contributed by atoms with Crippen LogP contribution in [0.25, 0.3) is 0 Å². The molecule has 2 aliphatic rings. The average Bonchev–Trinajstić information content (AvgIpc) is 3.02. The number of rotatable bonds is 4. The molecule has 3 amide bonds. The van der Waals surface area contributed by atoms with Gasteiger partial charge in [-0.1, -0.05) is 31.1 Å². The van der Waals surface area contributed by atoms with E-state index >= 15 is 0 Å². The molecule has 1 aromatic rings. The van der Waals surface area contributed by atoms with Gasteiger partial charge in [0.25, 0.3) is 0 Å². The fourth-order valence-corrected chi connectivity index (χ4v) is 4.01. The minimum Gasteiger partial charge on any atom is -0.338 e. The first-order valence-electron chi connectivity index (χ1n) is 8.47. The highest BCUT2D eigenvalue weighted by Gasteiger charge is 2.64. The molecule has 0 radical (unpaired) electrons. The summed E-state index contributed by atoms with van der Waals surface area (Å²) in [5.74, 6) is -0.995. The molecule has 3 rings (SSSR count). The number of aryl methyl sites for hydroxylation is 1. The van der Waals surface area contributed by atoms with Crippen LogP contribution in [0.4, 0.5) is 0 Å². The van der Waals surface area contributed by atoms with E-state index in [0.29, 0.717) is 24.2 Å². The van der Waals surface area contributed by atoms with Crippen molar-refractivity contribution in [3.8, 4) is 0 Å². The molecule has 0 aromatic carbocycles. The second-order valence-corrected chi connectivity index (χ2v) is 7.92. The van der Waals surface area contributed by atoms with Gasteiger partial charge in [0.2, 0.25) is 17.7 Å². The van der Waals surface area contributed by atoms with Crippen molar-refractivity contribution < 1.29 is 19.0 Å². The van der Waals surface area contributed by atoms with E-state index in [2.05, 4.69) is 14.9 Å². The molecular weight excluding hydrogens is 324 g/mol. The SMILES string of the molecule is Cc1nonc1CN(C)C(=O)CN1C(=O)C2CCC(C)(C1=O)C2(C)C. The van der Waals surface area contributed by atoms with Crippen molar-refractivity contribution in [2.45, 2.75) is 47.1 Å². The molecule has 2 heterocycles. The Kier molecular flexibility index (Phi) is 3.96. The Morgan fingerprint density at radius 3 is 2.60 bits per heavy atom. The fraction of sp³-hybridized carbons (Fsp3) is 0.706. The van der Waals surface area contributed by atoms with E-state index in [-0.39, 0.29) is 42.1 Å². The molecule has 25 heavy (non-hydrogen) atoms. The number of carbonyl (C=O) groups excluding carboxylic acids is 3. The number of fused-ring (bicyclic) bond motifs is 2. The summed E-state index contributed by atoms with van der Waals surface area (Å²) in [4.78, 5) is 40.9. The van der Waals surface area contributed by atoms with Crippen molar-refractivity contribution in [3.63, 3.8) is 0 Å². The zero-order valence-corrected chi connectivity index (χ0v) is 15.3. The van der Waals surface area contributed by atoms with Gasteiger partial charge in [-0.25, -0.2) is 4.63 Å². The van der Waals surface area contributed by atoms with Crippen LogP contribution in [0.2, 0.25) is 0 Å². The number of aromatic nitrogens is 2. The highest BCUT2D eigenvalue weighted by Crippen LogP contribution is 2.59. The molecule has 0 spiro atoms. The Bertz CT molecular complexity index is 741. The van der Waals surface area contributed by atoms with Crippen LogP contribution in [-0.4, -0.2) is 51.4 Å². The molecule has 2 bridgehead atoms. The van der Waals surface area contributed by atoms with E-state index < -0.39 is 5.41 Å².